The number of nitrogens with one attached hydrogen (secondary N) is 1. The van der Waals surface area contributed by atoms with Gasteiger partial charge in [0.2, 0.25) is 0 Å². The monoisotopic (exact) mass is 475 g/mol. The first-order chi connectivity index (χ1) is 18.3. The van der Waals surface area contributed by atoms with Crippen LogP contribution in [-0.2, 0) is 0 Å². The van der Waals surface area contributed by atoms with Crippen LogP contribution in [0, 0.1) is 0 Å². The molecule has 0 aliphatic carbocycles. The number of para-hydroxylation sites is 2. The van der Waals surface area contributed by atoms with Crippen molar-refractivity contribution in [3.63, 3.8) is 0 Å². The van der Waals surface area contributed by atoms with Gasteiger partial charge in [0.1, 0.15) is 0 Å². The summed E-state index contributed by atoms with van der Waals surface area (Å²) in [7, 11) is 0. The summed E-state index contributed by atoms with van der Waals surface area (Å²) >= 11 is 0. The first kappa shape index (κ1) is 22.4. The zero-order valence-electron chi connectivity index (χ0n) is 20.3. The third-order valence-corrected chi connectivity index (χ3v) is 6.35. The van der Waals surface area contributed by atoms with Crippen molar-refractivity contribution in [2.45, 2.75) is 0 Å². The van der Waals surface area contributed by atoms with Gasteiger partial charge >= 0.3 is 0 Å². The van der Waals surface area contributed by atoms with Crippen LogP contribution in [0.3, 0.4) is 0 Å². The van der Waals surface area contributed by atoms with Gasteiger partial charge in [-0.25, -0.2) is 4.98 Å². The van der Waals surface area contributed by atoms with Gasteiger partial charge in [-0.1, -0.05) is 97.1 Å². The third-order valence-electron chi connectivity index (χ3n) is 6.35. The molecule has 6 rings (SSSR count). The van der Waals surface area contributed by atoms with E-state index in [4.69, 9.17) is 4.98 Å². The second-order valence-electron chi connectivity index (χ2n) is 8.79. The molecular weight excluding hydrogens is 450 g/mol. The summed E-state index contributed by atoms with van der Waals surface area (Å²) in [5, 5.41) is 3.65. The fraction of sp³-hybridized carbons (Fsp3) is 0. The Morgan fingerprint density at radius 3 is 1.73 bits per heavy atom. The molecule has 6 aromatic rings. The van der Waals surface area contributed by atoms with Crippen LogP contribution in [0.25, 0.3) is 44.9 Å². The van der Waals surface area contributed by atoms with Crippen LogP contribution in [0.5, 0.6) is 0 Å². The highest BCUT2D eigenvalue weighted by molar-refractivity contribution is 5.85. The lowest BCUT2D eigenvalue weighted by atomic mass is 10.0. The minimum Gasteiger partial charge on any atom is -0.354 e. The molecule has 0 saturated heterocycles. The van der Waals surface area contributed by atoms with Gasteiger partial charge in [0, 0.05) is 34.3 Å². The standard InChI is InChI=1S/C34H25N3/c1-2-12-25(13-3-1)26-14-10-15-27(24-26)30-21-11-22-34(36-30)29-17-5-7-20-33(29)37-32-19-6-4-16-28(32)31-18-8-9-23-35-31/h1-24,37H. The highest BCUT2D eigenvalue weighted by Crippen LogP contribution is 2.34. The first-order valence-corrected chi connectivity index (χ1v) is 12.3. The molecule has 3 heteroatoms. The van der Waals surface area contributed by atoms with Crippen LogP contribution >= 0.6 is 0 Å². The molecule has 0 unspecified atom stereocenters. The largest absolute Gasteiger partial charge is 0.354 e. The van der Waals surface area contributed by atoms with Gasteiger partial charge in [-0.05, 0) is 53.6 Å². The van der Waals surface area contributed by atoms with E-state index in [1.165, 1.54) is 11.1 Å². The van der Waals surface area contributed by atoms with Crippen LogP contribution in [0.15, 0.2) is 146 Å². The molecule has 0 spiro atoms. The minimum atomic E-state index is 0.918. The van der Waals surface area contributed by atoms with E-state index >= 15 is 0 Å². The Bertz CT molecular complexity index is 1640. The maximum atomic E-state index is 5.08. The van der Waals surface area contributed by atoms with Crippen molar-refractivity contribution in [1.82, 2.24) is 9.97 Å². The van der Waals surface area contributed by atoms with Gasteiger partial charge < -0.3 is 5.32 Å². The zero-order chi connectivity index (χ0) is 24.9. The Morgan fingerprint density at radius 2 is 0.973 bits per heavy atom. The van der Waals surface area contributed by atoms with Gasteiger partial charge in [0.05, 0.1) is 17.1 Å². The molecule has 37 heavy (non-hydrogen) atoms. The first-order valence-electron chi connectivity index (χ1n) is 12.3. The van der Waals surface area contributed by atoms with E-state index in [1.54, 1.807) is 0 Å². The second kappa shape index (κ2) is 10.3. The molecule has 2 aromatic heterocycles. The Labute approximate surface area is 217 Å². The fourth-order valence-corrected chi connectivity index (χ4v) is 4.53. The zero-order valence-corrected chi connectivity index (χ0v) is 20.3. The highest BCUT2D eigenvalue weighted by Gasteiger charge is 2.11. The molecule has 1 N–H and O–H groups in total. The summed E-state index contributed by atoms with van der Waals surface area (Å²) in [6.07, 6.45) is 1.82. The lowest BCUT2D eigenvalue weighted by Crippen LogP contribution is -1.97. The van der Waals surface area contributed by atoms with Crippen molar-refractivity contribution in [2.75, 3.05) is 5.32 Å². The lowest BCUT2D eigenvalue weighted by molar-refractivity contribution is 1.31. The number of benzene rings is 4. The SMILES string of the molecule is c1ccc(-c2cccc(-c3cccc(-c4ccccc4Nc4ccccc4-c4ccccn4)n3)c2)cc1. The minimum absolute atomic E-state index is 0.918. The lowest BCUT2D eigenvalue weighted by Gasteiger charge is -2.15. The van der Waals surface area contributed by atoms with Gasteiger partial charge in [-0.2, -0.15) is 0 Å². The molecule has 0 fully saturated rings. The molecule has 0 bridgehead atoms. The number of hydrogen-bond donors (Lipinski definition) is 1. The second-order valence-corrected chi connectivity index (χ2v) is 8.79. The molecule has 176 valence electrons. The van der Waals surface area contributed by atoms with E-state index in [2.05, 4.69) is 107 Å². The maximum Gasteiger partial charge on any atom is 0.0730 e. The average Bonchev–Trinajstić information content (AvgIpc) is 2.99. The molecule has 2 heterocycles. The number of aromatic nitrogens is 2. The van der Waals surface area contributed by atoms with Gasteiger partial charge in [-0.15, -0.1) is 0 Å². The fourth-order valence-electron chi connectivity index (χ4n) is 4.53. The Morgan fingerprint density at radius 1 is 0.405 bits per heavy atom. The summed E-state index contributed by atoms with van der Waals surface area (Å²) in [6.45, 7) is 0. The van der Waals surface area contributed by atoms with E-state index < -0.39 is 0 Å². The molecule has 3 nitrogen and oxygen atoms in total. The summed E-state index contributed by atoms with van der Waals surface area (Å²) in [4.78, 5) is 9.63. The van der Waals surface area contributed by atoms with E-state index in [9.17, 15) is 0 Å². The quantitative estimate of drug-likeness (QED) is 0.261. The molecule has 0 atom stereocenters. The van der Waals surface area contributed by atoms with Crippen molar-refractivity contribution in [3.05, 3.63) is 146 Å². The van der Waals surface area contributed by atoms with Crippen molar-refractivity contribution in [3.8, 4) is 44.9 Å². The molecule has 4 aromatic carbocycles. The van der Waals surface area contributed by atoms with Crippen LogP contribution in [0.4, 0.5) is 11.4 Å². The van der Waals surface area contributed by atoms with Crippen molar-refractivity contribution >= 4 is 11.4 Å². The number of anilines is 2. The predicted octanol–water partition coefficient (Wildman–Crippen LogP) is 8.89. The third kappa shape index (κ3) is 4.89. The van der Waals surface area contributed by atoms with Crippen molar-refractivity contribution in [2.24, 2.45) is 0 Å². The van der Waals surface area contributed by atoms with E-state index in [0.29, 0.717) is 0 Å². The number of nitrogens with zero attached hydrogens (tertiary/aromatic N) is 2. The Balaban J connectivity index is 1.36. The molecule has 0 aliphatic rings. The van der Waals surface area contributed by atoms with E-state index in [0.717, 1.165) is 45.1 Å². The summed E-state index contributed by atoms with van der Waals surface area (Å²) in [5.74, 6) is 0. The summed E-state index contributed by atoms with van der Waals surface area (Å²) < 4.78 is 0. The Hall–Kier alpha value is -5.02. The van der Waals surface area contributed by atoms with Crippen molar-refractivity contribution in [1.29, 1.82) is 0 Å². The average molecular weight is 476 g/mol. The number of hydrogen-bond acceptors (Lipinski definition) is 3. The Kier molecular flexibility index (Phi) is 6.25. The van der Waals surface area contributed by atoms with Crippen molar-refractivity contribution < 1.29 is 0 Å². The van der Waals surface area contributed by atoms with E-state index in [-0.39, 0.29) is 0 Å². The van der Waals surface area contributed by atoms with Gasteiger partial charge in [-0.3, -0.25) is 4.98 Å². The van der Waals surface area contributed by atoms with Crippen LogP contribution in [0.1, 0.15) is 0 Å². The smallest absolute Gasteiger partial charge is 0.0730 e. The molecule has 0 aliphatic heterocycles. The molecule has 0 saturated carbocycles. The topological polar surface area (TPSA) is 37.8 Å². The number of pyridine rings is 2. The molecular formula is C34H25N3. The summed E-state index contributed by atoms with van der Waals surface area (Å²) in [6, 6.07) is 47.7. The van der Waals surface area contributed by atoms with Gasteiger partial charge in [0.25, 0.3) is 0 Å². The maximum absolute atomic E-state index is 5.08. The highest BCUT2D eigenvalue weighted by atomic mass is 14.9. The van der Waals surface area contributed by atoms with Gasteiger partial charge in [0.15, 0.2) is 0 Å². The van der Waals surface area contributed by atoms with Crippen LogP contribution in [0.2, 0.25) is 0 Å². The van der Waals surface area contributed by atoms with E-state index in [1.807, 2.05) is 48.7 Å². The molecule has 0 amide bonds. The predicted molar refractivity (Wildman–Crippen MR) is 154 cm³/mol. The number of rotatable bonds is 6. The van der Waals surface area contributed by atoms with Crippen LogP contribution in [-0.4, -0.2) is 9.97 Å². The summed E-state index contributed by atoms with van der Waals surface area (Å²) in [5.41, 5.74) is 10.3. The van der Waals surface area contributed by atoms with Crippen LogP contribution < -0.4 is 5.32 Å². The molecule has 0 radical (unpaired) electrons. The normalized spacial score (nSPS) is 10.7.